The van der Waals surface area contributed by atoms with E-state index in [4.69, 9.17) is 5.11 Å². The molecule has 0 aliphatic rings. The third kappa shape index (κ3) is 6.30. The molecule has 0 heterocycles. The molecule has 0 unspecified atom stereocenters. The molecule has 3 heteroatoms. The predicted molar refractivity (Wildman–Crippen MR) is 105 cm³/mol. The topological polar surface area (TPSA) is 49.3 Å². The zero-order chi connectivity index (χ0) is 18.3. The van der Waals surface area contributed by atoms with E-state index >= 15 is 0 Å². The molecule has 0 atom stereocenters. The first-order valence-corrected chi connectivity index (χ1v) is 8.35. The lowest BCUT2D eigenvalue weighted by Gasteiger charge is -2.19. The number of hydrogen-bond donors (Lipinski definition) is 2. The van der Waals surface area contributed by atoms with E-state index in [1.165, 1.54) is 17.2 Å². The van der Waals surface area contributed by atoms with Crippen LogP contribution in [0.3, 0.4) is 0 Å². The van der Waals surface area contributed by atoms with Crippen LogP contribution in [0.4, 0.5) is 5.69 Å². The molecule has 0 aliphatic carbocycles. The summed E-state index contributed by atoms with van der Waals surface area (Å²) in [5.41, 5.74) is 4.83. The lowest BCUT2D eigenvalue weighted by Crippen LogP contribution is -2.10. The Balaban J connectivity index is 1.90. The van der Waals surface area contributed by atoms with Crippen LogP contribution in [0.15, 0.2) is 66.8 Å². The van der Waals surface area contributed by atoms with Crippen LogP contribution in [0.2, 0.25) is 0 Å². The van der Waals surface area contributed by atoms with E-state index in [1.807, 2.05) is 18.2 Å². The number of hydrogen-bond acceptors (Lipinski definition) is 2. The van der Waals surface area contributed by atoms with Gasteiger partial charge in [0.2, 0.25) is 0 Å². The summed E-state index contributed by atoms with van der Waals surface area (Å²) in [6.07, 6.45) is 6.22. The second kappa shape index (κ2) is 8.34. The fraction of sp³-hybridized carbons (Fsp3) is 0.227. The van der Waals surface area contributed by atoms with Gasteiger partial charge in [0.15, 0.2) is 0 Å². The number of carbonyl (C=O) groups is 1. The van der Waals surface area contributed by atoms with Crippen molar-refractivity contribution in [2.75, 3.05) is 5.32 Å². The van der Waals surface area contributed by atoms with Gasteiger partial charge in [0.1, 0.15) is 0 Å². The first-order chi connectivity index (χ1) is 11.8. The zero-order valence-corrected chi connectivity index (χ0v) is 15.0. The van der Waals surface area contributed by atoms with Crippen molar-refractivity contribution in [3.63, 3.8) is 0 Å². The van der Waals surface area contributed by atoms with Crippen molar-refractivity contribution in [3.05, 3.63) is 83.4 Å². The van der Waals surface area contributed by atoms with Gasteiger partial charge in [0.25, 0.3) is 0 Å². The molecule has 0 spiro atoms. The van der Waals surface area contributed by atoms with E-state index in [1.54, 1.807) is 6.08 Å². The maximum atomic E-state index is 10.4. The highest BCUT2D eigenvalue weighted by atomic mass is 16.4. The average molecular weight is 335 g/mol. The van der Waals surface area contributed by atoms with Crippen molar-refractivity contribution >= 4 is 17.7 Å². The monoisotopic (exact) mass is 335 g/mol. The molecule has 0 saturated heterocycles. The molecular weight excluding hydrogens is 310 g/mol. The van der Waals surface area contributed by atoms with Gasteiger partial charge in [-0.2, -0.15) is 0 Å². The molecule has 25 heavy (non-hydrogen) atoms. The van der Waals surface area contributed by atoms with E-state index in [9.17, 15) is 4.79 Å². The Labute approximate surface area is 149 Å². The number of allylic oxidation sites excluding steroid dienone is 2. The molecule has 2 N–H and O–H groups in total. The molecule has 0 fully saturated rings. The standard InChI is InChI=1S/C22H25NO2/c1-22(2,3)19-12-14-20(15-13-19)23-16-18-10-8-17(9-11-18)6-4-5-7-21(24)25/h4-15,23H,16H2,1-3H3,(H,24,25). The van der Waals surface area contributed by atoms with Crippen LogP contribution in [-0.4, -0.2) is 11.1 Å². The third-order valence-corrected chi connectivity index (χ3v) is 3.87. The van der Waals surface area contributed by atoms with Crippen LogP contribution in [0.25, 0.3) is 6.08 Å². The summed E-state index contributed by atoms with van der Waals surface area (Å²) in [5.74, 6) is -0.943. The summed E-state index contributed by atoms with van der Waals surface area (Å²) in [5, 5.41) is 12.0. The minimum Gasteiger partial charge on any atom is -0.478 e. The van der Waals surface area contributed by atoms with E-state index in [0.29, 0.717) is 0 Å². The van der Waals surface area contributed by atoms with Gasteiger partial charge in [-0.25, -0.2) is 4.79 Å². The lowest BCUT2D eigenvalue weighted by atomic mass is 9.87. The highest BCUT2D eigenvalue weighted by Gasteiger charge is 2.12. The Kier molecular flexibility index (Phi) is 6.18. The van der Waals surface area contributed by atoms with Gasteiger partial charge in [0.05, 0.1) is 0 Å². The molecule has 2 aromatic carbocycles. The molecule has 2 rings (SSSR count). The van der Waals surface area contributed by atoms with Gasteiger partial charge in [-0.3, -0.25) is 0 Å². The number of carboxylic acid groups (broad SMARTS) is 1. The molecule has 0 radical (unpaired) electrons. The molecule has 0 saturated carbocycles. The number of aliphatic carboxylic acids is 1. The van der Waals surface area contributed by atoms with E-state index in [0.717, 1.165) is 23.9 Å². The first kappa shape index (κ1) is 18.5. The Morgan fingerprint density at radius 2 is 1.64 bits per heavy atom. The van der Waals surface area contributed by atoms with E-state index in [2.05, 4.69) is 62.5 Å². The third-order valence-electron chi connectivity index (χ3n) is 3.87. The lowest BCUT2D eigenvalue weighted by molar-refractivity contribution is -0.131. The van der Waals surface area contributed by atoms with Crippen LogP contribution < -0.4 is 5.32 Å². The Bertz CT molecular complexity index is 748. The smallest absolute Gasteiger partial charge is 0.328 e. The largest absolute Gasteiger partial charge is 0.478 e. The normalized spacial score (nSPS) is 12.0. The molecule has 0 bridgehead atoms. The summed E-state index contributed by atoms with van der Waals surface area (Å²) in [6, 6.07) is 16.7. The molecule has 3 nitrogen and oxygen atoms in total. The summed E-state index contributed by atoms with van der Waals surface area (Å²) in [4.78, 5) is 10.4. The maximum Gasteiger partial charge on any atom is 0.328 e. The number of benzene rings is 2. The van der Waals surface area contributed by atoms with Gasteiger partial charge in [-0.1, -0.05) is 75.4 Å². The van der Waals surface area contributed by atoms with Gasteiger partial charge >= 0.3 is 5.97 Å². The van der Waals surface area contributed by atoms with Crippen molar-refractivity contribution in [1.29, 1.82) is 0 Å². The Morgan fingerprint density at radius 3 is 2.20 bits per heavy atom. The van der Waals surface area contributed by atoms with Crippen molar-refractivity contribution in [3.8, 4) is 0 Å². The SMILES string of the molecule is CC(C)(C)c1ccc(NCc2ccc(C=CC=CC(=O)O)cc2)cc1. The number of rotatable bonds is 6. The minimum atomic E-state index is -0.943. The van der Waals surface area contributed by atoms with Crippen LogP contribution in [0.5, 0.6) is 0 Å². The highest BCUT2D eigenvalue weighted by Crippen LogP contribution is 2.23. The van der Waals surface area contributed by atoms with Crippen LogP contribution in [0, 0.1) is 0 Å². The molecular formula is C22H25NO2. The first-order valence-electron chi connectivity index (χ1n) is 8.35. The molecule has 130 valence electrons. The minimum absolute atomic E-state index is 0.168. The van der Waals surface area contributed by atoms with Crippen molar-refractivity contribution in [2.24, 2.45) is 0 Å². The van der Waals surface area contributed by atoms with Gasteiger partial charge in [-0.15, -0.1) is 0 Å². The second-order valence-corrected chi connectivity index (χ2v) is 6.98. The summed E-state index contributed by atoms with van der Waals surface area (Å²) < 4.78 is 0. The van der Waals surface area contributed by atoms with Crippen LogP contribution in [0.1, 0.15) is 37.5 Å². The molecule has 0 aromatic heterocycles. The molecule has 0 aliphatic heterocycles. The average Bonchev–Trinajstić information content (AvgIpc) is 2.57. The number of carboxylic acids is 1. The van der Waals surface area contributed by atoms with E-state index < -0.39 is 5.97 Å². The van der Waals surface area contributed by atoms with Crippen molar-refractivity contribution < 1.29 is 9.90 Å². The maximum absolute atomic E-state index is 10.4. The van der Waals surface area contributed by atoms with E-state index in [-0.39, 0.29) is 5.41 Å². The quantitative estimate of drug-likeness (QED) is 0.560. The van der Waals surface area contributed by atoms with Crippen molar-refractivity contribution in [1.82, 2.24) is 0 Å². The molecule has 2 aromatic rings. The van der Waals surface area contributed by atoms with Crippen LogP contribution >= 0.6 is 0 Å². The van der Waals surface area contributed by atoms with Crippen molar-refractivity contribution in [2.45, 2.75) is 32.7 Å². The van der Waals surface area contributed by atoms with Gasteiger partial charge < -0.3 is 10.4 Å². The fourth-order valence-electron chi connectivity index (χ4n) is 2.34. The predicted octanol–water partition coefficient (Wildman–Crippen LogP) is 5.25. The summed E-state index contributed by atoms with van der Waals surface area (Å²) in [6.45, 7) is 7.40. The molecule has 0 amide bonds. The summed E-state index contributed by atoms with van der Waals surface area (Å²) in [7, 11) is 0. The Morgan fingerprint density at radius 1 is 1.00 bits per heavy atom. The number of anilines is 1. The summed E-state index contributed by atoms with van der Waals surface area (Å²) >= 11 is 0. The number of nitrogens with one attached hydrogen (secondary N) is 1. The van der Waals surface area contributed by atoms with Crippen LogP contribution in [-0.2, 0) is 16.8 Å². The fourth-order valence-corrected chi connectivity index (χ4v) is 2.34. The Hall–Kier alpha value is -2.81. The van der Waals surface area contributed by atoms with Gasteiger partial charge in [-0.05, 0) is 34.2 Å². The zero-order valence-electron chi connectivity index (χ0n) is 15.0. The van der Waals surface area contributed by atoms with Gasteiger partial charge in [0, 0.05) is 18.3 Å². The highest BCUT2D eigenvalue weighted by molar-refractivity contribution is 5.80. The second-order valence-electron chi connectivity index (χ2n) is 6.98.